The molecule has 0 radical (unpaired) electrons. The van der Waals surface area contributed by atoms with Crippen LogP contribution in [0.2, 0.25) is 0 Å². The van der Waals surface area contributed by atoms with Crippen molar-refractivity contribution >= 4 is 28.4 Å². The molecule has 1 saturated heterocycles. The number of benzene rings is 1. The maximum absolute atomic E-state index is 5.63. The van der Waals surface area contributed by atoms with Gasteiger partial charge in [-0.2, -0.15) is 4.98 Å². The highest BCUT2D eigenvalue weighted by Crippen LogP contribution is 2.22. The van der Waals surface area contributed by atoms with Gasteiger partial charge in [-0.3, -0.25) is 0 Å². The second-order valence-corrected chi connectivity index (χ2v) is 7.09. The first-order valence-electron chi connectivity index (χ1n) is 9.55. The molecule has 0 aliphatic carbocycles. The van der Waals surface area contributed by atoms with Gasteiger partial charge in [0.15, 0.2) is 0 Å². The fourth-order valence-corrected chi connectivity index (χ4v) is 3.42. The smallest absolute Gasteiger partial charge is 0.229 e. The largest absolute Gasteiger partial charge is 0.369 e. The summed E-state index contributed by atoms with van der Waals surface area (Å²) in [4.78, 5) is 13.9. The molecule has 1 aromatic carbocycles. The van der Waals surface area contributed by atoms with Gasteiger partial charge in [0.2, 0.25) is 5.95 Å². The summed E-state index contributed by atoms with van der Waals surface area (Å²) >= 11 is 0. The molecule has 7 nitrogen and oxygen atoms in total. The zero-order valence-corrected chi connectivity index (χ0v) is 15.8. The normalized spacial score (nSPS) is 15.4. The fraction of sp³-hybridized carbons (Fsp3) is 0.400. The average Bonchev–Trinajstić information content (AvgIpc) is 3.10. The van der Waals surface area contributed by atoms with Crippen molar-refractivity contribution in [2.24, 2.45) is 5.73 Å². The number of hydrogen-bond donors (Lipinski definition) is 2. The number of nitrogens with zero attached hydrogens (tertiary/aromatic N) is 5. The first kappa shape index (κ1) is 17.8. The van der Waals surface area contributed by atoms with Crippen LogP contribution in [0.3, 0.4) is 0 Å². The molecule has 0 spiro atoms. The lowest BCUT2D eigenvalue weighted by Gasteiger charge is -2.34. The van der Waals surface area contributed by atoms with Gasteiger partial charge in [-0.15, -0.1) is 0 Å². The molecule has 0 amide bonds. The lowest BCUT2D eigenvalue weighted by atomic mass is 10.2. The van der Waals surface area contributed by atoms with E-state index in [9.17, 15) is 0 Å². The van der Waals surface area contributed by atoms with Gasteiger partial charge < -0.3 is 25.4 Å². The van der Waals surface area contributed by atoms with E-state index in [0.29, 0.717) is 12.5 Å². The minimum atomic E-state index is 0.613. The molecular weight excluding hydrogens is 338 g/mol. The second kappa shape index (κ2) is 7.94. The van der Waals surface area contributed by atoms with Crippen molar-refractivity contribution in [3.05, 3.63) is 42.7 Å². The van der Waals surface area contributed by atoms with E-state index in [1.807, 2.05) is 18.5 Å². The van der Waals surface area contributed by atoms with Crippen LogP contribution in [0.25, 0.3) is 11.0 Å². The van der Waals surface area contributed by atoms with Gasteiger partial charge in [0.1, 0.15) is 5.65 Å². The van der Waals surface area contributed by atoms with Crippen molar-refractivity contribution in [3.8, 4) is 0 Å². The van der Waals surface area contributed by atoms with Gasteiger partial charge in [-0.05, 0) is 50.3 Å². The number of fused-ring (bicyclic) bond motifs is 1. The summed E-state index contributed by atoms with van der Waals surface area (Å²) in [5, 5.41) is 4.36. The standard InChI is InChI=1S/C20H27N7/c1-25-11-13-26(14-12-25)18-5-3-17(4-6-18)23-20-22-15-16-7-10-27(9-2-8-21)19(16)24-20/h3-7,10,15H,2,8-9,11-14,21H2,1H3,(H,22,23,24). The van der Waals surface area contributed by atoms with E-state index < -0.39 is 0 Å². The van der Waals surface area contributed by atoms with Gasteiger partial charge >= 0.3 is 0 Å². The lowest BCUT2D eigenvalue weighted by molar-refractivity contribution is 0.313. The third kappa shape index (κ3) is 4.04. The highest BCUT2D eigenvalue weighted by molar-refractivity contribution is 5.76. The van der Waals surface area contributed by atoms with Gasteiger partial charge in [0.25, 0.3) is 0 Å². The summed E-state index contributed by atoms with van der Waals surface area (Å²) in [5.74, 6) is 0.613. The molecule has 3 aromatic rings. The summed E-state index contributed by atoms with van der Waals surface area (Å²) in [6, 6.07) is 10.6. The van der Waals surface area contributed by atoms with Crippen molar-refractivity contribution in [2.75, 3.05) is 50.0 Å². The summed E-state index contributed by atoms with van der Waals surface area (Å²) in [5.41, 5.74) is 8.83. The van der Waals surface area contributed by atoms with Gasteiger partial charge in [-0.25, -0.2) is 4.98 Å². The number of hydrogen-bond acceptors (Lipinski definition) is 6. The zero-order chi connectivity index (χ0) is 18.6. The molecule has 0 atom stereocenters. The van der Waals surface area contributed by atoms with E-state index in [-0.39, 0.29) is 0 Å². The molecule has 0 bridgehead atoms. The Morgan fingerprint density at radius 3 is 2.59 bits per heavy atom. The maximum Gasteiger partial charge on any atom is 0.229 e. The van der Waals surface area contributed by atoms with Crippen LogP contribution in [0, 0.1) is 0 Å². The third-order valence-corrected chi connectivity index (χ3v) is 5.10. The van der Waals surface area contributed by atoms with E-state index in [4.69, 9.17) is 5.73 Å². The minimum absolute atomic E-state index is 0.613. The van der Waals surface area contributed by atoms with E-state index >= 15 is 0 Å². The molecule has 0 unspecified atom stereocenters. The maximum atomic E-state index is 5.63. The van der Waals surface area contributed by atoms with E-state index in [1.54, 1.807) is 0 Å². The van der Waals surface area contributed by atoms with Gasteiger partial charge in [-0.1, -0.05) is 0 Å². The summed E-state index contributed by atoms with van der Waals surface area (Å²) in [7, 11) is 2.17. The van der Waals surface area contributed by atoms with Crippen LogP contribution in [-0.4, -0.2) is 59.2 Å². The van der Waals surface area contributed by atoms with Crippen molar-refractivity contribution in [1.29, 1.82) is 0 Å². The number of piperazine rings is 1. The SMILES string of the molecule is CN1CCN(c2ccc(Nc3ncc4ccn(CCCN)c4n3)cc2)CC1. The van der Waals surface area contributed by atoms with Crippen LogP contribution in [-0.2, 0) is 6.54 Å². The van der Waals surface area contributed by atoms with Crippen LogP contribution >= 0.6 is 0 Å². The van der Waals surface area contributed by atoms with E-state index in [1.165, 1.54) is 5.69 Å². The number of nitrogens with two attached hydrogens (primary N) is 1. The first-order valence-corrected chi connectivity index (χ1v) is 9.55. The highest BCUT2D eigenvalue weighted by Gasteiger charge is 2.14. The Bertz CT molecular complexity index is 879. The number of aryl methyl sites for hydroxylation is 1. The predicted molar refractivity (Wildman–Crippen MR) is 111 cm³/mol. The zero-order valence-electron chi connectivity index (χ0n) is 15.8. The van der Waals surface area contributed by atoms with Crippen LogP contribution < -0.4 is 16.0 Å². The molecule has 1 aliphatic heterocycles. The lowest BCUT2D eigenvalue weighted by Crippen LogP contribution is -2.44. The summed E-state index contributed by atoms with van der Waals surface area (Å²) in [6.07, 6.45) is 4.84. The Labute approximate surface area is 159 Å². The molecule has 1 fully saturated rings. The number of aromatic nitrogens is 3. The van der Waals surface area contributed by atoms with Crippen LogP contribution in [0.1, 0.15) is 6.42 Å². The van der Waals surface area contributed by atoms with Crippen molar-refractivity contribution in [3.63, 3.8) is 0 Å². The Balaban J connectivity index is 1.47. The predicted octanol–water partition coefficient (Wildman–Crippen LogP) is 2.28. The molecule has 3 heterocycles. The van der Waals surface area contributed by atoms with Crippen molar-refractivity contribution in [2.45, 2.75) is 13.0 Å². The molecule has 142 valence electrons. The van der Waals surface area contributed by atoms with Crippen molar-refractivity contribution in [1.82, 2.24) is 19.4 Å². The van der Waals surface area contributed by atoms with Crippen LogP contribution in [0.15, 0.2) is 42.7 Å². The number of likely N-dealkylation sites (N-methyl/N-ethyl adjacent to an activating group) is 1. The van der Waals surface area contributed by atoms with Crippen molar-refractivity contribution < 1.29 is 0 Å². The average molecular weight is 365 g/mol. The molecule has 7 heteroatoms. The summed E-state index contributed by atoms with van der Waals surface area (Å²) < 4.78 is 2.13. The fourth-order valence-electron chi connectivity index (χ4n) is 3.42. The van der Waals surface area contributed by atoms with E-state index in [2.05, 4.69) is 61.0 Å². The Morgan fingerprint density at radius 1 is 1.07 bits per heavy atom. The van der Waals surface area contributed by atoms with E-state index in [0.717, 1.165) is 55.9 Å². The Hall–Kier alpha value is -2.64. The Morgan fingerprint density at radius 2 is 1.85 bits per heavy atom. The molecular formula is C20H27N7. The quantitative estimate of drug-likeness (QED) is 0.698. The molecule has 27 heavy (non-hydrogen) atoms. The molecule has 0 saturated carbocycles. The van der Waals surface area contributed by atoms with Gasteiger partial charge in [0, 0.05) is 61.9 Å². The second-order valence-electron chi connectivity index (χ2n) is 7.09. The molecule has 4 rings (SSSR count). The third-order valence-electron chi connectivity index (χ3n) is 5.10. The van der Waals surface area contributed by atoms with Gasteiger partial charge in [0.05, 0.1) is 0 Å². The molecule has 1 aliphatic rings. The number of nitrogens with one attached hydrogen (secondary N) is 1. The van der Waals surface area contributed by atoms with Crippen LogP contribution in [0.4, 0.5) is 17.3 Å². The molecule has 3 N–H and O–H groups in total. The minimum Gasteiger partial charge on any atom is -0.369 e. The topological polar surface area (TPSA) is 75.2 Å². The number of anilines is 3. The van der Waals surface area contributed by atoms with Crippen LogP contribution in [0.5, 0.6) is 0 Å². The monoisotopic (exact) mass is 365 g/mol. The molecule has 2 aromatic heterocycles. The highest BCUT2D eigenvalue weighted by atomic mass is 15.2. The number of rotatable bonds is 6. The Kier molecular flexibility index (Phi) is 5.22. The summed E-state index contributed by atoms with van der Waals surface area (Å²) in [6.45, 7) is 5.91. The first-order chi connectivity index (χ1) is 13.2.